The quantitative estimate of drug-likeness (QED) is 0.718. The lowest BCUT2D eigenvalue weighted by Gasteiger charge is -2.32. The Morgan fingerprint density at radius 2 is 1.95 bits per heavy atom. The molecule has 116 valence electrons. The number of hydrogen-bond acceptors (Lipinski definition) is 3. The highest BCUT2D eigenvalue weighted by atomic mass is 16.5. The van der Waals surface area contributed by atoms with E-state index in [0.717, 1.165) is 25.3 Å². The Hall–Kier alpha value is -1.35. The lowest BCUT2D eigenvalue weighted by molar-refractivity contribution is -0.143. The van der Waals surface area contributed by atoms with Crippen LogP contribution >= 0.6 is 0 Å². The molecule has 21 heavy (non-hydrogen) atoms. The number of piperidine rings is 1. The van der Waals surface area contributed by atoms with Crippen molar-refractivity contribution in [3.05, 3.63) is 35.9 Å². The molecule has 0 spiro atoms. The maximum absolute atomic E-state index is 11.3. The second-order valence-electron chi connectivity index (χ2n) is 5.90. The molecule has 2 rings (SSSR count). The van der Waals surface area contributed by atoms with Crippen molar-refractivity contribution in [2.45, 2.75) is 45.6 Å². The third-order valence-electron chi connectivity index (χ3n) is 4.25. The Labute approximate surface area is 128 Å². The molecule has 0 unspecified atom stereocenters. The fourth-order valence-electron chi connectivity index (χ4n) is 3.04. The third-order valence-corrected chi connectivity index (χ3v) is 4.25. The largest absolute Gasteiger partial charge is 0.466 e. The molecule has 0 atom stereocenters. The van der Waals surface area contributed by atoms with E-state index in [0.29, 0.717) is 13.0 Å². The number of esters is 1. The molecule has 1 fully saturated rings. The number of likely N-dealkylation sites (tertiary alicyclic amines) is 1. The summed E-state index contributed by atoms with van der Waals surface area (Å²) in [5.41, 5.74) is 1.40. The lowest BCUT2D eigenvalue weighted by atomic mass is 9.91. The fourth-order valence-corrected chi connectivity index (χ4v) is 3.04. The molecule has 3 nitrogen and oxygen atoms in total. The summed E-state index contributed by atoms with van der Waals surface area (Å²) in [5.74, 6) is 0.741. The molecule has 0 bridgehead atoms. The highest BCUT2D eigenvalue weighted by Crippen LogP contribution is 2.23. The van der Waals surface area contributed by atoms with Gasteiger partial charge in [-0.2, -0.15) is 0 Å². The van der Waals surface area contributed by atoms with Crippen molar-refractivity contribution in [3.8, 4) is 0 Å². The van der Waals surface area contributed by atoms with Gasteiger partial charge in [0.1, 0.15) is 0 Å². The smallest absolute Gasteiger partial charge is 0.305 e. The molecule has 1 aromatic carbocycles. The molecule has 1 aromatic rings. The van der Waals surface area contributed by atoms with Crippen LogP contribution in [0.25, 0.3) is 0 Å². The van der Waals surface area contributed by atoms with E-state index in [1.54, 1.807) is 0 Å². The van der Waals surface area contributed by atoms with Crippen LogP contribution in [0.5, 0.6) is 0 Å². The molecule has 0 amide bonds. The zero-order valence-corrected chi connectivity index (χ0v) is 13.1. The van der Waals surface area contributed by atoms with Crippen LogP contribution in [-0.2, 0) is 16.1 Å². The van der Waals surface area contributed by atoms with Gasteiger partial charge in [-0.05, 0) is 57.2 Å². The highest BCUT2D eigenvalue weighted by molar-refractivity contribution is 5.69. The minimum Gasteiger partial charge on any atom is -0.466 e. The maximum atomic E-state index is 11.3. The number of benzene rings is 1. The van der Waals surface area contributed by atoms with Gasteiger partial charge in [-0.3, -0.25) is 9.69 Å². The molecule has 1 aliphatic heterocycles. The minimum absolute atomic E-state index is 0.0426. The Morgan fingerprint density at radius 3 is 2.62 bits per heavy atom. The van der Waals surface area contributed by atoms with E-state index < -0.39 is 0 Å². The van der Waals surface area contributed by atoms with Gasteiger partial charge >= 0.3 is 5.97 Å². The van der Waals surface area contributed by atoms with Crippen molar-refractivity contribution in [1.82, 2.24) is 4.90 Å². The topological polar surface area (TPSA) is 29.5 Å². The van der Waals surface area contributed by atoms with E-state index in [2.05, 4.69) is 35.2 Å². The van der Waals surface area contributed by atoms with Crippen LogP contribution in [0.3, 0.4) is 0 Å². The summed E-state index contributed by atoms with van der Waals surface area (Å²) < 4.78 is 4.97. The Kier molecular flexibility index (Phi) is 6.74. The van der Waals surface area contributed by atoms with Crippen LogP contribution in [0, 0.1) is 5.92 Å². The monoisotopic (exact) mass is 289 g/mol. The summed E-state index contributed by atoms with van der Waals surface area (Å²) in [7, 11) is 0. The standard InChI is InChI=1S/C18H27NO2/c1-2-21-18(20)10-6-9-16-11-13-19(14-12-16)15-17-7-4-3-5-8-17/h3-5,7-8,16H,2,6,9-15H2,1H3. The number of nitrogens with zero attached hydrogens (tertiary/aromatic N) is 1. The molecule has 0 saturated carbocycles. The first-order valence-electron chi connectivity index (χ1n) is 8.20. The van der Waals surface area contributed by atoms with Gasteiger partial charge in [0.05, 0.1) is 6.61 Å². The van der Waals surface area contributed by atoms with Gasteiger partial charge in [0.2, 0.25) is 0 Å². The van der Waals surface area contributed by atoms with E-state index >= 15 is 0 Å². The fraction of sp³-hybridized carbons (Fsp3) is 0.611. The molecule has 0 N–H and O–H groups in total. The van der Waals surface area contributed by atoms with Crippen LogP contribution in [0.4, 0.5) is 0 Å². The molecule has 1 heterocycles. The summed E-state index contributed by atoms with van der Waals surface area (Å²) in [5, 5.41) is 0. The average Bonchev–Trinajstić information content (AvgIpc) is 2.50. The summed E-state index contributed by atoms with van der Waals surface area (Å²) >= 11 is 0. The van der Waals surface area contributed by atoms with Crippen molar-refractivity contribution < 1.29 is 9.53 Å². The van der Waals surface area contributed by atoms with Gasteiger partial charge in [0.25, 0.3) is 0 Å². The van der Waals surface area contributed by atoms with Gasteiger partial charge < -0.3 is 4.74 Å². The molecule has 1 aliphatic rings. The third kappa shape index (κ3) is 5.88. The van der Waals surface area contributed by atoms with Crippen LogP contribution < -0.4 is 0 Å². The van der Waals surface area contributed by atoms with Crippen LogP contribution in [-0.4, -0.2) is 30.6 Å². The Balaban J connectivity index is 1.61. The highest BCUT2D eigenvalue weighted by Gasteiger charge is 2.19. The van der Waals surface area contributed by atoms with E-state index in [9.17, 15) is 4.79 Å². The maximum Gasteiger partial charge on any atom is 0.305 e. The second kappa shape index (κ2) is 8.83. The van der Waals surface area contributed by atoms with E-state index in [1.165, 1.54) is 31.5 Å². The zero-order chi connectivity index (χ0) is 14.9. The molecule has 3 heteroatoms. The molecule has 0 aromatic heterocycles. The Bertz CT molecular complexity index is 410. The first-order chi connectivity index (χ1) is 10.3. The number of carbonyl (C=O) groups is 1. The van der Waals surface area contributed by atoms with E-state index in [1.807, 2.05) is 6.92 Å². The first kappa shape index (κ1) is 16.0. The SMILES string of the molecule is CCOC(=O)CCCC1CCN(Cc2ccccc2)CC1. The average molecular weight is 289 g/mol. The molecular formula is C18H27NO2. The predicted molar refractivity (Wildman–Crippen MR) is 84.9 cm³/mol. The summed E-state index contributed by atoms with van der Waals surface area (Å²) in [6.45, 7) is 5.78. The van der Waals surface area contributed by atoms with Crippen molar-refractivity contribution in [3.63, 3.8) is 0 Å². The summed E-state index contributed by atoms with van der Waals surface area (Å²) in [6, 6.07) is 10.7. The molecular weight excluding hydrogens is 262 g/mol. The van der Waals surface area contributed by atoms with Gasteiger partial charge in [-0.15, -0.1) is 0 Å². The number of ether oxygens (including phenoxy) is 1. The van der Waals surface area contributed by atoms with Crippen LogP contribution in [0.2, 0.25) is 0 Å². The molecule has 0 radical (unpaired) electrons. The van der Waals surface area contributed by atoms with Crippen molar-refractivity contribution in [2.24, 2.45) is 5.92 Å². The van der Waals surface area contributed by atoms with Crippen molar-refractivity contribution in [1.29, 1.82) is 0 Å². The van der Waals surface area contributed by atoms with Crippen LogP contribution in [0.1, 0.15) is 44.6 Å². The normalized spacial score (nSPS) is 16.8. The predicted octanol–water partition coefficient (Wildman–Crippen LogP) is 3.63. The van der Waals surface area contributed by atoms with Crippen molar-refractivity contribution >= 4 is 5.97 Å². The second-order valence-corrected chi connectivity index (χ2v) is 5.90. The van der Waals surface area contributed by atoms with E-state index in [-0.39, 0.29) is 5.97 Å². The van der Waals surface area contributed by atoms with Gasteiger partial charge in [-0.25, -0.2) is 0 Å². The Morgan fingerprint density at radius 1 is 1.24 bits per heavy atom. The zero-order valence-electron chi connectivity index (χ0n) is 13.1. The number of rotatable bonds is 7. The van der Waals surface area contributed by atoms with Crippen molar-refractivity contribution in [2.75, 3.05) is 19.7 Å². The number of hydrogen-bond donors (Lipinski definition) is 0. The molecule has 1 saturated heterocycles. The summed E-state index contributed by atoms with van der Waals surface area (Å²) in [4.78, 5) is 13.8. The lowest BCUT2D eigenvalue weighted by Crippen LogP contribution is -2.33. The van der Waals surface area contributed by atoms with Crippen LogP contribution in [0.15, 0.2) is 30.3 Å². The first-order valence-corrected chi connectivity index (χ1v) is 8.20. The van der Waals surface area contributed by atoms with Gasteiger partial charge in [0.15, 0.2) is 0 Å². The van der Waals surface area contributed by atoms with E-state index in [4.69, 9.17) is 4.74 Å². The minimum atomic E-state index is -0.0426. The number of carbonyl (C=O) groups excluding carboxylic acids is 1. The molecule has 0 aliphatic carbocycles. The summed E-state index contributed by atoms with van der Waals surface area (Å²) in [6.07, 6.45) is 5.24. The van der Waals surface area contributed by atoms with Gasteiger partial charge in [-0.1, -0.05) is 30.3 Å². The van der Waals surface area contributed by atoms with Gasteiger partial charge in [0, 0.05) is 13.0 Å².